The first kappa shape index (κ1) is 15.0. The van der Waals surface area contributed by atoms with E-state index < -0.39 is 11.7 Å². The van der Waals surface area contributed by atoms with Crippen LogP contribution < -0.4 is 5.32 Å². The van der Waals surface area contributed by atoms with Gasteiger partial charge in [-0.1, -0.05) is 24.3 Å². The van der Waals surface area contributed by atoms with Crippen molar-refractivity contribution in [3.8, 4) is 0 Å². The van der Waals surface area contributed by atoms with Crippen molar-refractivity contribution in [1.82, 2.24) is 4.98 Å². The minimum Gasteiger partial charge on any atom is -0.358 e. The summed E-state index contributed by atoms with van der Waals surface area (Å²) < 4.78 is 0. The maximum atomic E-state index is 12.6. The van der Waals surface area contributed by atoms with E-state index in [2.05, 4.69) is 10.3 Å². The van der Waals surface area contributed by atoms with E-state index in [9.17, 15) is 9.59 Å². The van der Waals surface area contributed by atoms with E-state index >= 15 is 0 Å². The van der Waals surface area contributed by atoms with Crippen LogP contribution in [0.15, 0.2) is 42.5 Å². The van der Waals surface area contributed by atoms with Gasteiger partial charge in [-0.25, -0.2) is 0 Å². The maximum absolute atomic E-state index is 12.6. The van der Waals surface area contributed by atoms with Crippen LogP contribution in [0.4, 0.5) is 5.69 Å². The zero-order valence-electron chi connectivity index (χ0n) is 13.4. The average Bonchev–Trinajstić information content (AvgIpc) is 2.81. The van der Waals surface area contributed by atoms with E-state index in [-0.39, 0.29) is 0 Å². The van der Waals surface area contributed by atoms with E-state index in [0.717, 1.165) is 22.0 Å². The fourth-order valence-electron chi connectivity index (χ4n) is 2.92. The molecule has 116 valence electrons. The lowest BCUT2D eigenvalue weighted by molar-refractivity contribution is -0.112. The highest BCUT2D eigenvalue weighted by Crippen LogP contribution is 2.23. The van der Waals surface area contributed by atoms with Gasteiger partial charge in [-0.05, 0) is 50.1 Å². The molecule has 4 nitrogen and oxygen atoms in total. The van der Waals surface area contributed by atoms with Crippen molar-refractivity contribution in [2.45, 2.75) is 20.8 Å². The number of rotatable bonds is 3. The number of aromatic nitrogens is 1. The van der Waals surface area contributed by atoms with Crippen molar-refractivity contribution in [3.63, 3.8) is 0 Å². The van der Waals surface area contributed by atoms with Crippen LogP contribution in [0, 0.1) is 20.8 Å². The second-order valence-electron chi connectivity index (χ2n) is 5.83. The van der Waals surface area contributed by atoms with Crippen LogP contribution in [-0.4, -0.2) is 16.7 Å². The molecule has 0 radical (unpaired) electrons. The normalized spacial score (nSPS) is 10.7. The predicted octanol–water partition coefficient (Wildman–Crippen LogP) is 3.91. The van der Waals surface area contributed by atoms with Crippen LogP contribution in [0.3, 0.4) is 0 Å². The van der Waals surface area contributed by atoms with E-state index in [1.807, 2.05) is 56.3 Å². The number of carbonyl (C=O) groups excluding carboxylic acids is 2. The van der Waals surface area contributed by atoms with Crippen LogP contribution in [-0.2, 0) is 4.79 Å². The van der Waals surface area contributed by atoms with Crippen molar-refractivity contribution in [2.24, 2.45) is 0 Å². The van der Waals surface area contributed by atoms with E-state index in [0.29, 0.717) is 16.9 Å². The van der Waals surface area contributed by atoms with Crippen LogP contribution in [0.5, 0.6) is 0 Å². The maximum Gasteiger partial charge on any atom is 0.296 e. The van der Waals surface area contributed by atoms with Crippen LogP contribution in [0.2, 0.25) is 0 Å². The van der Waals surface area contributed by atoms with Crippen LogP contribution in [0.25, 0.3) is 10.9 Å². The highest BCUT2D eigenvalue weighted by Gasteiger charge is 2.22. The Morgan fingerprint density at radius 1 is 0.957 bits per heavy atom. The van der Waals surface area contributed by atoms with E-state index in [1.165, 1.54) is 0 Å². The molecule has 0 bridgehead atoms. The van der Waals surface area contributed by atoms with Crippen molar-refractivity contribution < 1.29 is 9.59 Å². The fraction of sp³-hybridized carbons (Fsp3) is 0.158. The lowest BCUT2D eigenvalue weighted by Crippen LogP contribution is -2.23. The first-order chi connectivity index (χ1) is 11.0. The molecular formula is C19H18N2O2. The van der Waals surface area contributed by atoms with Gasteiger partial charge in [-0.3, -0.25) is 9.59 Å². The molecule has 2 aromatic carbocycles. The number of para-hydroxylation sites is 1. The third kappa shape index (κ3) is 2.88. The highest BCUT2D eigenvalue weighted by atomic mass is 16.2. The minimum atomic E-state index is -0.622. The van der Waals surface area contributed by atoms with Crippen LogP contribution in [0.1, 0.15) is 27.2 Å². The number of anilines is 1. The quantitative estimate of drug-likeness (QED) is 0.569. The molecule has 0 saturated carbocycles. The predicted molar refractivity (Wildman–Crippen MR) is 91.9 cm³/mol. The topological polar surface area (TPSA) is 62.0 Å². The molecule has 0 spiro atoms. The molecule has 0 saturated heterocycles. The zero-order valence-corrected chi connectivity index (χ0v) is 13.4. The Morgan fingerprint density at radius 2 is 1.61 bits per heavy atom. The summed E-state index contributed by atoms with van der Waals surface area (Å²) >= 11 is 0. The van der Waals surface area contributed by atoms with Gasteiger partial charge in [0.1, 0.15) is 0 Å². The molecule has 4 heteroatoms. The van der Waals surface area contributed by atoms with Crippen molar-refractivity contribution in [1.29, 1.82) is 0 Å². The molecule has 1 heterocycles. The molecule has 0 aliphatic carbocycles. The second-order valence-corrected chi connectivity index (χ2v) is 5.83. The number of Topliss-reactive ketones (excluding diaryl/α,β-unsaturated/α-hetero) is 1. The van der Waals surface area contributed by atoms with E-state index in [1.54, 1.807) is 6.92 Å². The molecule has 0 aliphatic heterocycles. The largest absolute Gasteiger partial charge is 0.358 e. The summed E-state index contributed by atoms with van der Waals surface area (Å²) in [5, 5.41) is 3.47. The Kier molecular flexibility index (Phi) is 3.74. The van der Waals surface area contributed by atoms with Crippen molar-refractivity contribution in [3.05, 3.63) is 64.8 Å². The molecule has 3 aromatic rings. The highest BCUT2D eigenvalue weighted by molar-refractivity contribution is 6.48. The monoisotopic (exact) mass is 306 g/mol. The number of aryl methyl sites for hydroxylation is 3. The molecular weight excluding hydrogens is 288 g/mol. The number of carbonyl (C=O) groups is 2. The zero-order chi connectivity index (χ0) is 16.6. The van der Waals surface area contributed by atoms with Gasteiger partial charge in [-0.15, -0.1) is 0 Å². The number of aromatic amines is 1. The number of hydrogen-bond donors (Lipinski definition) is 2. The summed E-state index contributed by atoms with van der Waals surface area (Å²) in [7, 11) is 0. The number of ketones is 1. The van der Waals surface area contributed by atoms with E-state index in [4.69, 9.17) is 0 Å². The Labute approximate surface area is 134 Å². The van der Waals surface area contributed by atoms with Gasteiger partial charge in [0.05, 0.1) is 5.56 Å². The van der Waals surface area contributed by atoms with Gasteiger partial charge in [0.15, 0.2) is 0 Å². The van der Waals surface area contributed by atoms with Gasteiger partial charge in [-0.2, -0.15) is 0 Å². The summed E-state index contributed by atoms with van der Waals surface area (Å²) in [6.45, 7) is 5.71. The summed E-state index contributed by atoms with van der Waals surface area (Å²) in [4.78, 5) is 28.1. The molecule has 23 heavy (non-hydrogen) atoms. The first-order valence-corrected chi connectivity index (χ1v) is 7.47. The molecule has 1 aromatic heterocycles. The standard InChI is InChI=1S/C19H18N2O2/c1-11-8-12(2)10-14(9-11)21-19(23)18(22)17-13(3)20-16-7-5-4-6-15(16)17/h4-10,20H,1-3H3,(H,21,23). The number of H-pyrrole nitrogens is 1. The molecule has 0 fully saturated rings. The summed E-state index contributed by atoms with van der Waals surface area (Å²) in [5.74, 6) is -1.15. The van der Waals surface area contributed by atoms with Crippen molar-refractivity contribution in [2.75, 3.05) is 5.32 Å². The lowest BCUT2D eigenvalue weighted by atomic mass is 10.1. The third-order valence-electron chi connectivity index (χ3n) is 3.81. The summed E-state index contributed by atoms with van der Waals surface area (Å²) in [5.41, 5.74) is 4.70. The van der Waals surface area contributed by atoms with Gasteiger partial charge in [0.2, 0.25) is 0 Å². The van der Waals surface area contributed by atoms with Gasteiger partial charge in [0.25, 0.3) is 11.7 Å². The van der Waals surface area contributed by atoms with Gasteiger partial charge < -0.3 is 10.3 Å². The van der Waals surface area contributed by atoms with Gasteiger partial charge >= 0.3 is 0 Å². The Balaban J connectivity index is 1.92. The smallest absolute Gasteiger partial charge is 0.296 e. The average molecular weight is 306 g/mol. The Hall–Kier alpha value is -2.88. The number of hydrogen-bond acceptors (Lipinski definition) is 2. The number of amides is 1. The summed E-state index contributed by atoms with van der Waals surface area (Å²) in [6, 6.07) is 13.2. The summed E-state index contributed by atoms with van der Waals surface area (Å²) in [6.07, 6.45) is 0. The number of benzene rings is 2. The lowest BCUT2D eigenvalue weighted by Gasteiger charge is -2.07. The molecule has 0 atom stereocenters. The minimum absolute atomic E-state index is 0.433. The van der Waals surface area contributed by atoms with Crippen LogP contribution >= 0.6 is 0 Å². The first-order valence-electron chi connectivity index (χ1n) is 7.47. The Bertz CT molecular complexity index is 902. The molecule has 2 N–H and O–H groups in total. The number of fused-ring (bicyclic) bond motifs is 1. The fourth-order valence-corrected chi connectivity index (χ4v) is 2.92. The van der Waals surface area contributed by atoms with Crippen molar-refractivity contribution >= 4 is 28.3 Å². The third-order valence-corrected chi connectivity index (χ3v) is 3.81. The van der Waals surface area contributed by atoms with Gasteiger partial charge in [0, 0.05) is 22.3 Å². The second kappa shape index (κ2) is 5.72. The SMILES string of the molecule is Cc1cc(C)cc(NC(=O)C(=O)c2c(C)[nH]c3ccccc23)c1. The molecule has 3 rings (SSSR count). The molecule has 1 amide bonds. The molecule has 0 aliphatic rings. The Morgan fingerprint density at radius 3 is 2.30 bits per heavy atom. The number of nitrogens with one attached hydrogen (secondary N) is 2. The molecule has 0 unspecified atom stereocenters.